The van der Waals surface area contributed by atoms with Gasteiger partial charge in [0.25, 0.3) is 11.8 Å². The molecule has 0 spiro atoms. The first-order valence-corrected chi connectivity index (χ1v) is 4.63. The number of carbonyl (C=O) groups is 1. The number of aldehydes is 1. The normalized spacial score (nSPS) is 10.1. The van der Waals surface area contributed by atoms with Crippen molar-refractivity contribution in [3.05, 3.63) is 23.8 Å². The van der Waals surface area contributed by atoms with E-state index in [9.17, 15) is 4.79 Å². The lowest BCUT2D eigenvalue weighted by atomic mass is 10.2. The molecule has 0 saturated carbocycles. The van der Waals surface area contributed by atoms with Crippen LogP contribution in [0, 0.1) is 0 Å². The lowest BCUT2D eigenvalue weighted by Gasteiger charge is -2.06. The number of methoxy groups -OCH3 is 2. The maximum atomic E-state index is 10.6. The van der Waals surface area contributed by atoms with Gasteiger partial charge >= 0.3 is 0 Å². The van der Waals surface area contributed by atoms with E-state index >= 15 is 0 Å². The Morgan fingerprint density at radius 2 is 1.69 bits per heavy atom. The molecule has 0 aliphatic rings. The molecule has 0 bridgehead atoms. The summed E-state index contributed by atoms with van der Waals surface area (Å²) < 4.78 is 10.1. The van der Waals surface area contributed by atoms with Crippen molar-refractivity contribution in [2.75, 3.05) is 14.2 Å². The van der Waals surface area contributed by atoms with Gasteiger partial charge in [0.15, 0.2) is 0 Å². The van der Waals surface area contributed by atoms with Gasteiger partial charge in [-0.15, -0.1) is 0 Å². The second-order valence-electron chi connectivity index (χ2n) is 3.11. The number of fused-ring (bicyclic) bond motifs is 1. The van der Waals surface area contributed by atoms with E-state index in [1.54, 1.807) is 18.2 Å². The molecule has 1 aromatic heterocycles. The third-order valence-corrected chi connectivity index (χ3v) is 2.15. The van der Waals surface area contributed by atoms with Crippen molar-refractivity contribution in [2.45, 2.75) is 0 Å². The van der Waals surface area contributed by atoms with Crippen molar-refractivity contribution in [3.8, 4) is 11.8 Å². The smallest absolute Gasteiger partial charge is 0.278 e. The topological polar surface area (TPSA) is 61.3 Å². The molecule has 0 atom stereocenters. The van der Waals surface area contributed by atoms with Crippen LogP contribution < -0.4 is 9.47 Å². The van der Waals surface area contributed by atoms with Gasteiger partial charge in [-0.1, -0.05) is 0 Å². The zero-order valence-electron chi connectivity index (χ0n) is 8.93. The van der Waals surface area contributed by atoms with E-state index in [1.165, 1.54) is 14.2 Å². The van der Waals surface area contributed by atoms with E-state index < -0.39 is 0 Å². The highest BCUT2D eigenvalue weighted by atomic mass is 16.5. The predicted octanol–water partition coefficient (Wildman–Crippen LogP) is 1.46. The van der Waals surface area contributed by atoms with Crippen molar-refractivity contribution in [3.63, 3.8) is 0 Å². The summed E-state index contributed by atoms with van der Waals surface area (Å²) in [6.45, 7) is 0. The van der Waals surface area contributed by atoms with Gasteiger partial charge in [0.2, 0.25) is 0 Å². The summed E-state index contributed by atoms with van der Waals surface area (Å²) >= 11 is 0. The van der Waals surface area contributed by atoms with Crippen LogP contribution in [0.5, 0.6) is 11.8 Å². The van der Waals surface area contributed by atoms with E-state index in [4.69, 9.17) is 9.47 Å². The van der Waals surface area contributed by atoms with Gasteiger partial charge in [0, 0.05) is 5.56 Å². The third kappa shape index (κ3) is 1.67. The maximum absolute atomic E-state index is 10.6. The van der Waals surface area contributed by atoms with Crippen LogP contribution in [-0.4, -0.2) is 30.5 Å². The van der Waals surface area contributed by atoms with Gasteiger partial charge in [0.1, 0.15) is 6.29 Å². The van der Waals surface area contributed by atoms with Crippen LogP contribution >= 0.6 is 0 Å². The largest absolute Gasteiger partial charge is 0.477 e. The number of carbonyl (C=O) groups excluding carboxylic acids is 1. The van der Waals surface area contributed by atoms with Crippen molar-refractivity contribution >= 4 is 17.3 Å². The fraction of sp³-hybridized carbons (Fsp3) is 0.182. The van der Waals surface area contributed by atoms with Gasteiger partial charge in [-0.05, 0) is 18.2 Å². The van der Waals surface area contributed by atoms with Gasteiger partial charge in [-0.25, -0.2) is 9.97 Å². The summed E-state index contributed by atoms with van der Waals surface area (Å²) in [5.41, 5.74) is 1.81. The van der Waals surface area contributed by atoms with E-state index in [1.807, 2.05) is 0 Å². The summed E-state index contributed by atoms with van der Waals surface area (Å²) in [4.78, 5) is 19.0. The Bertz CT molecular complexity index is 540. The van der Waals surface area contributed by atoms with Crippen LogP contribution in [0.3, 0.4) is 0 Å². The van der Waals surface area contributed by atoms with E-state index in [2.05, 4.69) is 9.97 Å². The number of aromatic nitrogens is 2. The molecule has 0 radical (unpaired) electrons. The van der Waals surface area contributed by atoms with Crippen LogP contribution in [-0.2, 0) is 0 Å². The predicted molar refractivity (Wildman–Crippen MR) is 58.0 cm³/mol. The summed E-state index contributed by atoms with van der Waals surface area (Å²) in [5.74, 6) is 0.631. The minimum Gasteiger partial charge on any atom is -0.477 e. The van der Waals surface area contributed by atoms with E-state index in [0.29, 0.717) is 28.4 Å². The molecule has 0 amide bonds. The van der Waals surface area contributed by atoms with Crippen LogP contribution in [0.25, 0.3) is 11.0 Å². The number of benzene rings is 1. The number of rotatable bonds is 3. The maximum Gasteiger partial charge on any atom is 0.278 e. The fourth-order valence-electron chi connectivity index (χ4n) is 1.38. The molecule has 1 aromatic carbocycles. The Labute approximate surface area is 92.0 Å². The summed E-state index contributed by atoms with van der Waals surface area (Å²) in [6, 6.07) is 5.04. The number of hydrogen-bond acceptors (Lipinski definition) is 5. The molecule has 2 rings (SSSR count). The lowest BCUT2D eigenvalue weighted by Crippen LogP contribution is -1.97. The Kier molecular flexibility index (Phi) is 2.68. The standard InChI is InChI=1S/C11H10N2O3/c1-15-10-11(16-2)13-9-5-7(6-14)3-4-8(9)12-10/h3-6H,1-2H3. The SMILES string of the molecule is COc1nc2ccc(C=O)cc2nc1OC. The first-order chi connectivity index (χ1) is 7.78. The molecule has 0 fully saturated rings. The highest BCUT2D eigenvalue weighted by Crippen LogP contribution is 2.24. The molecule has 1 heterocycles. The quantitative estimate of drug-likeness (QED) is 0.730. The van der Waals surface area contributed by atoms with Crippen LogP contribution in [0.4, 0.5) is 0 Å². The molecule has 16 heavy (non-hydrogen) atoms. The highest BCUT2D eigenvalue weighted by Gasteiger charge is 2.09. The minimum atomic E-state index is 0.304. The van der Waals surface area contributed by atoms with Crippen molar-refractivity contribution in [1.29, 1.82) is 0 Å². The van der Waals surface area contributed by atoms with Crippen molar-refractivity contribution in [2.24, 2.45) is 0 Å². The Hall–Kier alpha value is -2.17. The van der Waals surface area contributed by atoms with Gasteiger partial charge in [-0.2, -0.15) is 0 Å². The zero-order chi connectivity index (χ0) is 11.5. The van der Waals surface area contributed by atoms with Crippen molar-refractivity contribution in [1.82, 2.24) is 9.97 Å². The minimum absolute atomic E-state index is 0.304. The second-order valence-corrected chi connectivity index (χ2v) is 3.11. The fourth-order valence-corrected chi connectivity index (χ4v) is 1.38. The Balaban J connectivity index is 2.68. The molecular formula is C11H10N2O3. The molecule has 5 heteroatoms. The van der Waals surface area contributed by atoms with Gasteiger partial charge < -0.3 is 9.47 Å². The number of hydrogen-bond donors (Lipinski definition) is 0. The third-order valence-electron chi connectivity index (χ3n) is 2.15. The van der Waals surface area contributed by atoms with E-state index in [-0.39, 0.29) is 0 Å². The summed E-state index contributed by atoms with van der Waals surface area (Å²) in [6.07, 6.45) is 0.762. The summed E-state index contributed by atoms with van der Waals surface area (Å²) in [5, 5.41) is 0. The molecular weight excluding hydrogens is 208 g/mol. The van der Waals surface area contributed by atoms with Gasteiger partial charge in [-0.3, -0.25) is 4.79 Å². The summed E-state index contributed by atoms with van der Waals surface area (Å²) in [7, 11) is 2.99. The Morgan fingerprint density at radius 3 is 2.25 bits per heavy atom. The molecule has 82 valence electrons. The first kappa shape index (κ1) is 10.4. The first-order valence-electron chi connectivity index (χ1n) is 4.63. The highest BCUT2D eigenvalue weighted by molar-refractivity contribution is 5.84. The lowest BCUT2D eigenvalue weighted by molar-refractivity contribution is 0.112. The number of ether oxygens (including phenoxy) is 2. The van der Waals surface area contributed by atoms with Crippen LogP contribution in [0.1, 0.15) is 10.4 Å². The van der Waals surface area contributed by atoms with Crippen molar-refractivity contribution < 1.29 is 14.3 Å². The molecule has 0 aliphatic heterocycles. The Morgan fingerprint density at radius 1 is 1.06 bits per heavy atom. The molecule has 0 aliphatic carbocycles. The van der Waals surface area contributed by atoms with E-state index in [0.717, 1.165) is 6.29 Å². The average Bonchev–Trinajstić information content (AvgIpc) is 2.36. The molecule has 0 unspecified atom stereocenters. The zero-order valence-corrected chi connectivity index (χ0v) is 8.93. The molecule has 5 nitrogen and oxygen atoms in total. The second kappa shape index (κ2) is 4.14. The number of nitrogens with zero attached hydrogens (tertiary/aromatic N) is 2. The average molecular weight is 218 g/mol. The molecule has 0 N–H and O–H groups in total. The molecule has 0 saturated heterocycles. The van der Waals surface area contributed by atoms with Gasteiger partial charge in [0.05, 0.1) is 25.3 Å². The molecule has 2 aromatic rings. The van der Waals surface area contributed by atoms with Crippen LogP contribution in [0.2, 0.25) is 0 Å². The monoisotopic (exact) mass is 218 g/mol. The van der Waals surface area contributed by atoms with Crippen LogP contribution in [0.15, 0.2) is 18.2 Å².